The third kappa shape index (κ3) is 1.60. The van der Waals surface area contributed by atoms with Gasteiger partial charge in [-0.05, 0) is 10.4 Å². The fourth-order valence-corrected chi connectivity index (χ4v) is 3.43. The summed E-state index contributed by atoms with van der Waals surface area (Å²) in [7, 11) is 0. The van der Waals surface area contributed by atoms with E-state index in [9.17, 15) is 4.79 Å². The van der Waals surface area contributed by atoms with Crippen molar-refractivity contribution in [1.82, 2.24) is 5.32 Å². The monoisotopic (exact) mass is 249 g/mol. The predicted molar refractivity (Wildman–Crippen MR) is 75.3 cm³/mol. The van der Waals surface area contributed by atoms with Gasteiger partial charge in [-0.3, -0.25) is 4.79 Å². The number of amides is 1. The molecule has 1 aromatic carbocycles. The highest BCUT2D eigenvalue weighted by Gasteiger charge is 2.40. The summed E-state index contributed by atoms with van der Waals surface area (Å²) in [6.45, 7) is 0. The normalized spacial score (nSPS) is 34.2. The van der Waals surface area contributed by atoms with Crippen molar-refractivity contribution in [3.63, 3.8) is 0 Å². The molecule has 1 aliphatic heterocycles. The number of rotatable bonds is 0. The van der Waals surface area contributed by atoms with Crippen LogP contribution in [0.25, 0.3) is 12.2 Å². The molecule has 2 aliphatic carbocycles. The molecule has 0 aromatic heterocycles. The molecular weight excluding hydrogens is 234 g/mol. The summed E-state index contributed by atoms with van der Waals surface area (Å²) in [5, 5.41) is 5.65. The fraction of sp³-hybridized carbons (Fsp3) is 0.235. The summed E-state index contributed by atoms with van der Waals surface area (Å²) < 4.78 is 0. The van der Waals surface area contributed by atoms with Crippen molar-refractivity contribution in [2.45, 2.75) is 6.04 Å². The highest BCUT2D eigenvalue weighted by Crippen LogP contribution is 2.35. The first kappa shape index (κ1) is 10.8. The molecule has 4 atom stereocenters. The van der Waals surface area contributed by atoms with E-state index >= 15 is 0 Å². The second-order valence-corrected chi connectivity index (χ2v) is 5.45. The van der Waals surface area contributed by atoms with Crippen LogP contribution in [-0.4, -0.2) is 11.9 Å². The second kappa shape index (κ2) is 3.95. The third-order valence-corrected chi connectivity index (χ3v) is 4.38. The van der Waals surface area contributed by atoms with Crippen molar-refractivity contribution in [1.29, 1.82) is 0 Å². The van der Waals surface area contributed by atoms with Gasteiger partial charge >= 0.3 is 0 Å². The summed E-state index contributed by atoms with van der Waals surface area (Å²) in [6, 6.07) is 8.49. The van der Waals surface area contributed by atoms with Gasteiger partial charge in [0.1, 0.15) is 0 Å². The first-order valence-corrected chi connectivity index (χ1v) is 6.77. The Morgan fingerprint density at radius 2 is 1.63 bits per heavy atom. The molecule has 3 aliphatic rings. The quantitative estimate of drug-likeness (QED) is 0.722. The first-order chi connectivity index (χ1) is 9.33. The molecule has 1 fully saturated rings. The van der Waals surface area contributed by atoms with Gasteiger partial charge in [-0.1, -0.05) is 60.7 Å². The van der Waals surface area contributed by atoms with Gasteiger partial charge in [0.25, 0.3) is 0 Å². The Morgan fingerprint density at radius 3 is 2.47 bits per heavy atom. The summed E-state index contributed by atoms with van der Waals surface area (Å²) in [5.74, 6) is 0.782. The molecule has 1 N–H and O–H groups in total. The SMILES string of the molecule is O=C1NC2C=c3ccccc3=CC2C2C=CC=CC12. The molecule has 4 unspecified atom stereocenters. The average molecular weight is 249 g/mol. The zero-order valence-corrected chi connectivity index (χ0v) is 10.5. The summed E-state index contributed by atoms with van der Waals surface area (Å²) in [5.41, 5.74) is 0. The Bertz CT molecular complexity index is 713. The number of carbonyl (C=O) groups is 1. The van der Waals surface area contributed by atoms with E-state index in [1.54, 1.807) is 0 Å². The van der Waals surface area contributed by atoms with Gasteiger partial charge in [0, 0.05) is 11.8 Å². The minimum Gasteiger partial charge on any atom is -0.349 e. The summed E-state index contributed by atoms with van der Waals surface area (Å²) in [4.78, 5) is 12.2. The lowest BCUT2D eigenvalue weighted by molar-refractivity contribution is -0.127. The maximum absolute atomic E-state index is 12.2. The molecule has 0 spiro atoms. The largest absolute Gasteiger partial charge is 0.349 e. The number of fused-ring (bicyclic) bond motifs is 4. The number of carbonyl (C=O) groups excluding carboxylic acids is 1. The van der Waals surface area contributed by atoms with Crippen molar-refractivity contribution in [2.24, 2.45) is 17.8 Å². The van der Waals surface area contributed by atoms with E-state index in [-0.39, 0.29) is 23.8 Å². The molecule has 94 valence electrons. The average Bonchev–Trinajstić information content (AvgIpc) is 2.46. The number of benzene rings is 1. The molecule has 1 amide bonds. The zero-order valence-electron chi connectivity index (χ0n) is 10.5. The molecule has 1 aromatic rings. The number of hydrogen-bond donors (Lipinski definition) is 1. The van der Waals surface area contributed by atoms with Crippen LogP contribution in [0.3, 0.4) is 0 Å². The van der Waals surface area contributed by atoms with Gasteiger partial charge in [-0.15, -0.1) is 0 Å². The van der Waals surface area contributed by atoms with E-state index in [1.807, 2.05) is 18.2 Å². The van der Waals surface area contributed by atoms with Crippen LogP contribution < -0.4 is 15.8 Å². The van der Waals surface area contributed by atoms with Crippen LogP contribution in [0.15, 0.2) is 48.6 Å². The van der Waals surface area contributed by atoms with E-state index in [1.165, 1.54) is 10.4 Å². The van der Waals surface area contributed by atoms with Gasteiger partial charge in [0.05, 0.1) is 12.0 Å². The lowest BCUT2D eigenvalue weighted by Gasteiger charge is -2.40. The Kier molecular flexibility index (Phi) is 2.25. The fourth-order valence-electron chi connectivity index (χ4n) is 3.43. The highest BCUT2D eigenvalue weighted by molar-refractivity contribution is 5.84. The Morgan fingerprint density at radius 1 is 0.895 bits per heavy atom. The highest BCUT2D eigenvalue weighted by atomic mass is 16.2. The van der Waals surface area contributed by atoms with E-state index in [4.69, 9.17) is 0 Å². The van der Waals surface area contributed by atoms with Crippen LogP contribution in [0.1, 0.15) is 0 Å². The van der Waals surface area contributed by atoms with Gasteiger partial charge in [-0.2, -0.15) is 0 Å². The minimum atomic E-state index is -0.0128. The van der Waals surface area contributed by atoms with Crippen LogP contribution in [0.4, 0.5) is 0 Å². The van der Waals surface area contributed by atoms with Crippen LogP contribution in [-0.2, 0) is 4.79 Å². The Balaban J connectivity index is 1.86. The number of allylic oxidation sites excluding steroid dienone is 3. The standard InChI is InChI=1S/C17H15NO/c19-17-14-8-4-3-7-13(14)15-9-11-5-1-2-6-12(11)10-16(15)18-17/h1-10,13-16H,(H,18,19). The maximum atomic E-state index is 12.2. The molecule has 4 rings (SSSR count). The molecule has 0 radical (unpaired) electrons. The first-order valence-electron chi connectivity index (χ1n) is 6.77. The zero-order chi connectivity index (χ0) is 12.8. The van der Waals surface area contributed by atoms with E-state index in [2.05, 4.69) is 47.8 Å². The maximum Gasteiger partial charge on any atom is 0.228 e. The molecule has 0 saturated carbocycles. The van der Waals surface area contributed by atoms with Crippen molar-refractivity contribution < 1.29 is 4.79 Å². The van der Waals surface area contributed by atoms with E-state index in [0.717, 1.165) is 0 Å². The van der Waals surface area contributed by atoms with Crippen molar-refractivity contribution in [2.75, 3.05) is 0 Å². The van der Waals surface area contributed by atoms with Crippen molar-refractivity contribution >= 4 is 18.1 Å². The number of piperidine rings is 1. The van der Waals surface area contributed by atoms with Crippen LogP contribution in [0.5, 0.6) is 0 Å². The van der Waals surface area contributed by atoms with Gasteiger partial charge in [0.2, 0.25) is 5.91 Å². The van der Waals surface area contributed by atoms with Crippen LogP contribution in [0, 0.1) is 17.8 Å². The Labute approximate surface area is 111 Å². The van der Waals surface area contributed by atoms with Gasteiger partial charge in [-0.25, -0.2) is 0 Å². The van der Waals surface area contributed by atoms with Gasteiger partial charge in [0.15, 0.2) is 0 Å². The molecule has 1 saturated heterocycles. The lowest BCUT2D eigenvalue weighted by Crippen LogP contribution is -2.55. The summed E-state index contributed by atoms with van der Waals surface area (Å²) in [6.07, 6.45) is 12.7. The second-order valence-electron chi connectivity index (χ2n) is 5.45. The molecule has 2 nitrogen and oxygen atoms in total. The predicted octanol–water partition coefficient (Wildman–Crippen LogP) is 0.734. The smallest absolute Gasteiger partial charge is 0.228 e. The van der Waals surface area contributed by atoms with E-state index in [0.29, 0.717) is 5.92 Å². The summed E-state index contributed by atoms with van der Waals surface area (Å²) >= 11 is 0. The van der Waals surface area contributed by atoms with Crippen LogP contribution in [0.2, 0.25) is 0 Å². The van der Waals surface area contributed by atoms with Gasteiger partial charge < -0.3 is 5.32 Å². The number of hydrogen-bond acceptors (Lipinski definition) is 1. The lowest BCUT2D eigenvalue weighted by atomic mass is 9.70. The van der Waals surface area contributed by atoms with E-state index < -0.39 is 0 Å². The molecule has 2 heteroatoms. The van der Waals surface area contributed by atoms with Crippen molar-refractivity contribution in [3.8, 4) is 0 Å². The molecular formula is C17H15NO. The van der Waals surface area contributed by atoms with Crippen molar-refractivity contribution in [3.05, 3.63) is 59.0 Å². The molecule has 19 heavy (non-hydrogen) atoms. The molecule has 0 bridgehead atoms. The topological polar surface area (TPSA) is 29.1 Å². The molecule has 1 heterocycles. The third-order valence-electron chi connectivity index (χ3n) is 4.38. The minimum absolute atomic E-state index is 0.0128. The van der Waals surface area contributed by atoms with Crippen LogP contribution >= 0.6 is 0 Å². The number of nitrogens with one attached hydrogen (secondary N) is 1. The Hall–Kier alpha value is -2.09.